The largest absolute Gasteiger partial charge is 0.463 e. The van der Waals surface area contributed by atoms with Crippen LogP contribution in [0, 0.1) is 0 Å². The highest BCUT2D eigenvalue weighted by Gasteiger charge is 2.30. The Morgan fingerprint density at radius 2 is 1.36 bits per heavy atom. The molecule has 4 rings (SSSR count). The fraction of sp³-hybridized carbons (Fsp3) is 0.136. The standard InChI is InChI=1S/C22H18O3/c23-21(15-8-2-1-3-9-15)22(24)25-14-20-18-12-6-4-10-16(18)17-11-5-7-13-19(17)20/h1-13,20-21,23H,14H2. The monoisotopic (exact) mass is 330 g/mol. The molecule has 0 saturated carbocycles. The van der Waals surface area contributed by atoms with Crippen molar-refractivity contribution in [2.45, 2.75) is 12.0 Å². The van der Waals surface area contributed by atoms with E-state index in [0.717, 1.165) is 11.1 Å². The van der Waals surface area contributed by atoms with E-state index in [0.29, 0.717) is 5.56 Å². The summed E-state index contributed by atoms with van der Waals surface area (Å²) in [5.74, 6) is -0.618. The molecular formula is C22H18O3. The summed E-state index contributed by atoms with van der Waals surface area (Å²) in [6.07, 6.45) is -1.26. The highest BCUT2D eigenvalue weighted by atomic mass is 16.5. The lowest BCUT2D eigenvalue weighted by Crippen LogP contribution is -2.19. The minimum Gasteiger partial charge on any atom is -0.463 e. The smallest absolute Gasteiger partial charge is 0.339 e. The van der Waals surface area contributed by atoms with Crippen LogP contribution in [-0.4, -0.2) is 17.7 Å². The van der Waals surface area contributed by atoms with Gasteiger partial charge in [-0.3, -0.25) is 0 Å². The molecule has 3 aromatic rings. The third-order valence-electron chi connectivity index (χ3n) is 4.69. The van der Waals surface area contributed by atoms with Crippen molar-refractivity contribution >= 4 is 5.97 Å². The number of carbonyl (C=O) groups excluding carboxylic acids is 1. The average molecular weight is 330 g/mol. The van der Waals surface area contributed by atoms with Crippen LogP contribution in [0.4, 0.5) is 0 Å². The van der Waals surface area contributed by atoms with Gasteiger partial charge in [0.2, 0.25) is 0 Å². The van der Waals surface area contributed by atoms with Crippen LogP contribution < -0.4 is 0 Å². The van der Waals surface area contributed by atoms with Crippen LogP contribution in [0.3, 0.4) is 0 Å². The lowest BCUT2D eigenvalue weighted by atomic mass is 9.98. The molecule has 0 saturated heterocycles. The van der Waals surface area contributed by atoms with Gasteiger partial charge in [0, 0.05) is 5.92 Å². The van der Waals surface area contributed by atoms with Crippen LogP contribution in [0.5, 0.6) is 0 Å². The first kappa shape index (κ1) is 15.6. The highest BCUT2D eigenvalue weighted by molar-refractivity contribution is 5.80. The molecule has 124 valence electrons. The third kappa shape index (κ3) is 2.83. The van der Waals surface area contributed by atoms with E-state index in [4.69, 9.17) is 4.74 Å². The van der Waals surface area contributed by atoms with Gasteiger partial charge in [-0.25, -0.2) is 4.79 Å². The Morgan fingerprint density at radius 3 is 1.96 bits per heavy atom. The molecular weight excluding hydrogens is 312 g/mol. The molecule has 0 spiro atoms. The van der Waals surface area contributed by atoms with Crippen molar-refractivity contribution in [1.82, 2.24) is 0 Å². The summed E-state index contributed by atoms with van der Waals surface area (Å²) in [6, 6.07) is 25.2. The number of benzene rings is 3. The molecule has 0 aliphatic heterocycles. The summed E-state index contributed by atoms with van der Waals surface area (Å²) < 4.78 is 5.47. The maximum atomic E-state index is 12.3. The second-order valence-corrected chi connectivity index (χ2v) is 6.17. The lowest BCUT2D eigenvalue weighted by molar-refractivity contribution is -0.154. The van der Waals surface area contributed by atoms with Crippen molar-refractivity contribution in [1.29, 1.82) is 0 Å². The van der Waals surface area contributed by atoms with Gasteiger partial charge >= 0.3 is 5.97 Å². The second kappa shape index (κ2) is 6.54. The van der Waals surface area contributed by atoms with Crippen molar-refractivity contribution in [3.05, 3.63) is 95.6 Å². The first-order valence-electron chi connectivity index (χ1n) is 8.33. The van der Waals surface area contributed by atoms with E-state index in [1.165, 1.54) is 11.1 Å². The van der Waals surface area contributed by atoms with Gasteiger partial charge in [-0.1, -0.05) is 78.9 Å². The van der Waals surface area contributed by atoms with Crippen molar-refractivity contribution in [2.75, 3.05) is 6.61 Å². The van der Waals surface area contributed by atoms with E-state index in [1.807, 2.05) is 30.3 Å². The van der Waals surface area contributed by atoms with Gasteiger partial charge in [-0.05, 0) is 27.8 Å². The number of ether oxygens (including phenoxy) is 1. The highest BCUT2D eigenvalue weighted by Crippen LogP contribution is 2.44. The Balaban J connectivity index is 1.54. The second-order valence-electron chi connectivity index (χ2n) is 6.17. The van der Waals surface area contributed by atoms with E-state index in [2.05, 4.69) is 24.3 Å². The van der Waals surface area contributed by atoms with Gasteiger partial charge < -0.3 is 9.84 Å². The molecule has 1 aliphatic rings. The van der Waals surface area contributed by atoms with E-state index in [-0.39, 0.29) is 12.5 Å². The molecule has 0 amide bonds. The van der Waals surface area contributed by atoms with Gasteiger partial charge in [0.1, 0.15) is 6.61 Å². The van der Waals surface area contributed by atoms with Gasteiger partial charge in [0.05, 0.1) is 0 Å². The summed E-state index contributed by atoms with van der Waals surface area (Å²) in [5, 5.41) is 10.2. The number of esters is 1. The third-order valence-corrected chi connectivity index (χ3v) is 4.69. The average Bonchev–Trinajstić information content (AvgIpc) is 3.00. The van der Waals surface area contributed by atoms with Crippen LogP contribution in [0.25, 0.3) is 11.1 Å². The Hall–Kier alpha value is -2.91. The normalized spacial score (nSPS) is 13.8. The van der Waals surface area contributed by atoms with E-state index in [9.17, 15) is 9.90 Å². The molecule has 3 aromatic carbocycles. The molecule has 3 heteroatoms. The zero-order valence-corrected chi connectivity index (χ0v) is 13.6. The van der Waals surface area contributed by atoms with Gasteiger partial charge in [0.15, 0.2) is 6.10 Å². The zero-order chi connectivity index (χ0) is 17.2. The molecule has 0 aromatic heterocycles. The first-order chi connectivity index (χ1) is 12.3. The Bertz CT molecular complexity index is 856. The molecule has 1 atom stereocenters. The summed E-state index contributed by atoms with van der Waals surface area (Å²) in [5.41, 5.74) is 5.22. The minimum absolute atomic E-state index is 0.000627. The number of aliphatic hydroxyl groups is 1. The number of rotatable bonds is 4. The molecule has 0 bridgehead atoms. The molecule has 0 radical (unpaired) electrons. The summed E-state index contributed by atoms with van der Waals surface area (Å²) in [6.45, 7) is 0.219. The predicted octanol–water partition coefficient (Wildman–Crippen LogP) is 4.08. The topological polar surface area (TPSA) is 46.5 Å². The zero-order valence-electron chi connectivity index (χ0n) is 13.6. The molecule has 1 unspecified atom stereocenters. The van der Waals surface area contributed by atoms with Crippen LogP contribution >= 0.6 is 0 Å². The van der Waals surface area contributed by atoms with E-state index < -0.39 is 12.1 Å². The summed E-state index contributed by atoms with van der Waals surface area (Å²) in [4.78, 5) is 12.3. The number of hydrogen-bond acceptors (Lipinski definition) is 3. The predicted molar refractivity (Wildman–Crippen MR) is 96.1 cm³/mol. The SMILES string of the molecule is O=C(OCC1c2ccccc2-c2ccccc21)C(O)c1ccccc1. The molecule has 0 heterocycles. The number of fused-ring (bicyclic) bond motifs is 3. The van der Waals surface area contributed by atoms with Gasteiger partial charge in [-0.15, -0.1) is 0 Å². The maximum absolute atomic E-state index is 12.3. The fourth-order valence-electron chi connectivity index (χ4n) is 3.46. The van der Waals surface area contributed by atoms with Crippen molar-refractivity contribution in [2.24, 2.45) is 0 Å². The molecule has 0 fully saturated rings. The maximum Gasteiger partial charge on any atom is 0.339 e. The van der Waals surface area contributed by atoms with E-state index >= 15 is 0 Å². The van der Waals surface area contributed by atoms with Crippen molar-refractivity contribution in [3.63, 3.8) is 0 Å². The first-order valence-corrected chi connectivity index (χ1v) is 8.33. The molecule has 25 heavy (non-hydrogen) atoms. The lowest BCUT2D eigenvalue weighted by Gasteiger charge is -2.16. The van der Waals surface area contributed by atoms with Crippen LogP contribution in [-0.2, 0) is 9.53 Å². The van der Waals surface area contributed by atoms with Crippen LogP contribution in [0.1, 0.15) is 28.7 Å². The van der Waals surface area contributed by atoms with E-state index in [1.54, 1.807) is 24.3 Å². The van der Waals surface area contributed by atoms with Crippen molar-refractivity contribution in [3.8, 4) is 11.1 Å². The van der Waals surface area contributed by atoms with Gasteiger partial charge in [0.25, 0.3) is 0 Å². The molecule has 1 N–H and O–H groups in total. The summed E-state index contributed by atoms with van der Waals surface area (Å²) in [7, 11) is 0. The number of hydrogen-bond donors (Lipinski definition) is 1. The molecule has 3 nitrogen and oxygen atoms in total. The van der Waals surface area contributed by atoms with Crippen molar-refractivity contribution < 1.29 is 14.6 Å². The quantitative estimate of drug-likeness (QED) is 0.733. The summed E-state index contributed by atoms with van der Waals surface area (Å²) >= 11 is 0. The van der Waals surface area contributed by atoms with Crippen LogP contribution in [0.15, 0.2) is 78.9 Å². The Kier molecular flexibility index (Phi) is 4.08. The number of carbonyl (C=O) groups is 1. The number of aliphatic hydroxyl groups excluding tert-OH is 1. The minimum atomic E-state index is -1.26. The molecule has 1 aliphatic carbocycles. The van der Waals surface area contributed by atoms with Gasteiger partial charge in [-0.2, -0.15) is 0 Å². The fourth-order valence-corrected chi connectivity index (χ4v) is 3.46. The van der Waals surface area contributed by atoms with Crippen LogP contribution in [0.2, 0.25) is 0 Å². The Labute approximate surface area is 146 Å². The Morgan fingerprint density at radius 1 is 0.840 bits per heavy atom.